The lowest BCUT2D eigenvalue weighted by atomic mass is 10.2. The summed E-state index contributed by atoms with van der Waals surface area (Å²) in [6.07, 6.45) is 1.66. The first-order valence-corrected chi connectivity index (χ1v) is 7.61. The Bertz CT molecular complexity index is 798. The average molecular weight is 327 g/mol. The normalized spacial score (nSPS) is 16.2. The van der Waals surface area contributed by atoms with Crippen LogP contribution >= 0.6 is 11.8 Å². The van der Waals surface area contributed by atoms with Gasteiger partial charge in [0.2, 0.25) is 0 Å². The molecule has 0 spiro atoms. The Morgan fingerprint density at radius 2 is 1.87 bits per heavy atom. The van der Waals surface area contributed by atoms with Gasteiger partial charge in [-0.05, 0) is 47.7 Å². The molecule has 1 aliphatic heterocycles. The first kappa shape index (κ1) is 15.2. The summed E-state index contributed by atoms with van der Waals surface area (Å²) in [4.78, 5) is 26.0. The SMILES string of the molecule is COc1ccc(/C=C2/SC(=O)N(c3cccc(O)c3)C2=O)cc1. The number of carbonyl (C=O) groups is 2. The number of methoxy groups -OCH3 is 1. The van der Waals surface area contributed by atoms with Gasteiger partial charge in [-0.15, -0.1) is 0 Å². The fourth-order valence-electron chi connectivity index (χ4n) is 2.17. The van der Waals surface area contributed by atoms with Crippen LogP contribution in [0.4, 0.5) is 10.5 Å². The van der Waals surface area contributed by atoms with Crippen LogP contribution < -0.4 is 9.64 Å². The maximum atomic E-state index is 12.5. The first-order chi connectivity index (χ1) is 11.1. The molecule has 116 valence electrons. The van der Waals surface area contributed by atoms with E-state index in [4.69, 9.17) is 4.74 Å². The predicted octanol–water partition coefficient (Wildman–Crippen LogP) is 3.64. The number of nitrogens with zero attached hydrogens (tertiary/aromatic N) is 1. The van der Waals surface area contributed by atoms with Gasteiger partial charge >= 0.3 is 0 Å². The number of hydrogen-bond donors (Lipinski definition) is 1. The summed E-state index contributed by atoms with van der Waals surface area (Å²) in [6, 6.07) is 13.2. The molecule has 0 aliphatic carbocycles. The molecule has 1 aliphatic rings. The Balaban J connectivity index is 1.89. The first-order valence-electron chi connectivity index (χ1n) is 6.79. The number of hydrogen-bond acceptors (Lipinski definition) is 5. The fraction of sp³-hybridized carbons (Fsp3) is 0.0588. The van der Waals surface area contributed by atoms with E-state index in [1.54, 1.807) is 49.6 Å². The largest absolute Gasteiger partial charge is 0.508 e. The second-order valence-corrected chi connectivity index (χ2v) is 5.80. The summed E-state index contributed by atoms with van der Waals surface area (Å²) in [5, 5.41) is 9.13. The molecule has 1 heterocycles. The molecule has 2 aromatic rings. The molecule has 0 unspecified atom stereocenters. The third-order valence-electron chi connectivity index (χ3n) is 3.30. The zero-order chi connectivity index (χ0) is 16.4. The second kappa shape index (κ2) is 6.18. The quantitative estimate of drug-likeness (QED) is 0.872. The van der Waals surface area contributed by atoms with Crippen molar-refractivity contribution in [2.24, 2.45) is 0 Å². The summed E-state index contributed by atoms with van der Waals surface area (Å²) in [6.45, 7) is 0. The van der Waals surface area contributed by atoms with E-state index in [9.17, 15) is 14.7 Å². The maximum absolute atomic E-state index is 12.5. The van der Waals surface area contributed by atoms with Gasteiger partial charge in [0.1, 0.15) is 11.5 Å². The van der Waals surface area contributed by atoms with Crippen LogP contribution in [-0.2, 0) is 4.79 Å². The zero-order valence-electron chi connectivity index (χ0n) is 12.2. The molecule has 6 heteroatoms. The minimum Gasteiger partial charge on any atom is -0.508 e. The van der Waals surface area contributed by atoms with Crippen LogP contribution in [0.15, 0.2) is 53.4 Å². The van der Waals surface area contributed by atoms with E-state index >= 15 is 0 Å². The highest BCUT2D eigenvalue weighted by atomic mass is 32.2. The molecular formula is C17H13NO4S. The van der Waals surface area contributed by atoms with E-state index in [-0.39, 0.29) is 11.0 Å². The lowest BCUT2D eigenvalue weighted by Crippen LogP contribution is -2.27. The molecule has 1 fully saturated rings. The van der Waals surface area contributed by atoms with E-state index in [0.717, 1.165) is 28.0 Å². The molecule has 0 radical (unpaired) electrons. The number of ether oxygens (including phenoxy) is 1. The van der Waals surface area contributed by atoms with Crippen molar-refractivity contribution in [2.45, 2.75) is 0 Å². The van der Waals surface area contributed by atoms with E-state index < -0.39 is 5.91 Å². The smallest absolute Gasteiger partial charge is 0.298 e. The Kier molecular flexibility index (Phi) is 4.08. The summed E-state index contributed by atoms with van der Waals surface area (Å²) < 4.78 is 5.08. The van der Waals surface area contributed by atoms with Crippen LogP contribution in [0.25, 0.3) is 6.08 Å². The molecular weight excluding hydrogens is 314 g/mol. The van der Waals surface area contributed by atoms with Crippen LogP contribution in [0, 0.1) is 0 Å². The van der Waals surface area contributed by atoms with Crippen LogP contribution in [-0.4, -0.2) is 23.4 Å². The molecule has 0 atom stereocenters. The van der Waals surface area contributed by atoms with Gasteiger partial charge in [-0.25, -0.2) is 4.90 Å². The summed E-state index contributed by atoms with van der Waals surface area (Å²) in [5.41, 5.74) is 1.15. The number of aromatic hydroxyl groups is 1. The minimum absolute atomic E-state index is 0.000633. The lowest BCUT2D eigenvalue weighted by Gasteiger charge is -2.12. The summed E-state index contributed by atoms with van der Waals surface area (Å²) >= 11 is 0.873. The van der Waals surface area contributed by atoms with Gasteiger partial charge in [0, 0.05) is 6.07 Å². The Morgan fingerprint density at radius 3 is 2.52 bits per heavy atom. The van der Waals surface area contributed by atoms with Crippen LogP contribution in [0.1, 0.15) is 5.56 Å². The topological polar surface area (TPSA) is 66.8 Å². The van der Waals surface area contributed by atoms with Crippen molar-refractivity contribution in [3.63, 3.8) is 0 Å². The standard InChI is InChI=1S/C17H13NO4S/c1-22-14-7-5-11(6-8-14)9-15-16(20)18(17(21)23-15)12-3-2-4-13(19)10-12/h2-10,19H,1H3/b15-9+. The highest BCUT2D eigenvalue weighted by Crippen LogP contribution is 2.36. The number of anilines is 1. The molecule has 2 aromatic carbocycles. The minimum atomic E-state index is -0.401. The van der Waals surface area contributed by atoms with Gasteiger partial charge in [-0.2, -0.15) is 0 Å². The molecule has 3 rings (SSSR count). The molecule has 0 aromatic heterocycles. The molecule has 5 nitrogen and oxygen atoms in total. The number of carbonyl (C=O) groups excluding carboxylic acids is 2. The lowest BCUT2D eigenvalue weighted by molar-refractivity contribution is -0.113. The average Bonchev–Trinajstić information content (AvgIpc) is 2.82. The molecule has 1 N–H and O–H groups in total. The summed E-state index contributed by atoms with van der Waals surface area (Å²) in [7, 11) is 1.58. The van der Waals surface area contributed by atoms with Crippen molar-refractivity contribution in [3.05, 3.63) is 59.0 Å². The van der Waals surface area contributed by atoms with Crippen molar-refractivity contribution >= 4 is 34.7 Å². The van der Waals surface area contributed by atoms with Crippen molar-refractivity contribution in [2.75, 3.05) is 12.0 Å². The Hall–Kier alpha value is -2.73. The van der Waals surface area contributed by atoms with E-state index in [1.165, 1.54) is 12.1 Å². The van der Waals surface area contributed by atoms with Gasteiger partial charge in [0.05, 0.1) is 17.7 Å². The number of amides is 2. The molecule has 2 amide bonds. The number of phenols is 1. The number of imide groups is 1. The van der Waals surface area contributed by atoms with Crippen molar-refractivity contribution in [1.82, 2.24) is 0 Å². The molecule has 0 saturated carbocycles. The van der Waals surface area contributed by atoms with Gasteiger partial charge in [-0.1, -0.05) is 18.2 Å². The Labute approximate surface area is 137 Å². The molecule has 0 bridgehead atoms. The third kappa shape index (κ3) is 3.07. The van der Waals surface area contributed by atoms with Gasteiger partial charge in [0.25, 0.3) is 11.1 Å². The van der Waals surface area contributed by atoms with Crippen LogP contribution in [0.2, 0.25) is 0 Å². The van der Waals surface area contributed by atoms with Crippen molar-refractivity contribution in [3.8, 4) is 11.5 Å². The number of benzene rings is 2. The maximum Gasteiger partial charge on any atom is 0.298 e. The fourth-order valence-corrected chi connectivity index (χ4v) is 3.02. The number of phenolic OH excluding ortho intramolecular Hbond substituents is 1. The van der Waals surface area contributed by atoms with E-state index in [0.29, 0.717) is 10.6 Å². The zero-order valence-corrected chi connectivity index (χ0v) is 13.0. The molecule has 1 saturated heterocycles. The van der Waals surface area contributed by atoms with Crippen LogP contribution in [0.3, 0.4) is 0 Å². The van der Waals surface area contributed by atoms with E-state index in [2.05, 4.69) is 0 Å². The van der Waals surface area contributed by atoms with Crippen molar-refractivity contribution < 1.29 is 19.4 Å². The Morgan fingerprint density at radius 1 is 1.13 bits per heavy atom. The summed E-state index contributed by atoms with van der Waals surface area (Å²) in [5.74, 6) is 0.317. The monoisotopic (exact) mass is 327 g/mol. The number of rotatable bonds is 3. The van der Waals surface area contributed by atoms with Gasteiger partial charge < -0.3 is 9.84 Å². The highest BCUT2D eigenvalue weighted by Gasteiger charge is 2.36. The second-order valence-electron chi connectivity index (χ2n) is 4.81. The van der Waals surface area contributed by atoms with Crippen LogP contribution in [0.5, 0.6) is 11.5 Å². The van der Waals surface area contributed by atoms with Crippen molar-refractivity contribution in [1.29, 1.82) is 0 Å². The number of thioether (sulfide) groups is 1. The van der Waals surface area contributed by atoms with E-state index in [1.807, 2.05) is 0 Å². The third-order valence-corrected chi connectivity index (χ3v) is 4.16. The predicted molar refractivity (Wildman–Crippen MR) is 89.6 cm³/mol. The van der Waals surface area contributed by atoms with Gasteiger partial charge in [0.15, 0.2) is 0 Å². The van der Waals surface area contributed by atoms with Gasteiger partial charge in [-0.3, -0.25) is 9.59 Å². The molecule has 23 heavy (non-hydrogen) atoms. The highest BCUT2D eigenvalue weighted by molar-refractivity contribution is 8.19.